The van der Waals surface area contributed by atoms with Gasteiger partial charge in [-0.3, -0.25) is 0 Å². The number of nitrogens with one attached hydrogen (secondary N) is 1. The quantitative estimate of drug-likeness (QED) is 0.617. The fourth-order valence-corrected chi connectivity index (χ4v) is 2.85. The Hall–Kier alpha value is -1.62. The van der Waals surface area contributed by atoms with Crippen LogP contribution in [0, 0.1) is 0 Å². The van der Waals surface area contributed by atoms with Crippen LogP contribution >= 0.6 is 11.3 Å². The molecule has 0 saturated carbocycles. The van der Waals surface area contributed by atoms with Gasteiger partial charge in [0.25, 0.3) is 0 Å². The smallest absolute Gasteiger partial charge is 0.338 e. The van der Waals surface area contributed by atoms with Crippen LogP contribution in [0.3, 0.4) is 0 Å². The van der Waals surface area contributed by atoms with E-state index in [4.69, 9.17) is 4.74 Å². The van der Waals surface area contributed by atoms with Crippen LogP contribution in [0.5, 0.6) is 0 Å². The Morgan fingerprint density at radius 1 is 1.35 bits per heavy atom. The molecule has 1 aromatic carbocycles. The summed E-state index contributed by atoms with van der Waals surface area (Å²) in [5.74, 6) is -0.249. The SMILES string of the molecule is CCCCCOC(=O)c1ccc2nc(NCC)sc2c1. The number of ether oxygens (including phenoxy) is 1. The third-order valence-electron chi connectivity index (χ3n) is 2.93. The second-order valence-corrected chi connectivity index (χ2v) is 5.61. The highest BCUT2D eigenvalue weighted by Gasteiger charge is 2.10. The number of aromatic nitrogens is 1. The molecule has 4 nitrogen and oxygen atoms in total. The van der Waals surface area contributed by atoms with Crippen molar-refractivity contribution in [2.75, 3.05) is 18.5 Å². The molecular formula is C15H20N2O2S. The monoisotopic (exact) mass is 292 g/mol. The van der Waals surface area contributed by atoms with E-state index in [2.05, 4.69) is 17.2 Å². The summed E-state index contributed by atoms with van der Waals surface area (Å²) >= 11 is 1.56. The predicted octanol–water partition coefficient (Wildman–Crippen LogP) is 4.08. The molecule has 0 fully saturated rings. The lowest BCUT2D eigenvalue weighted by Gasteiger charge is -2.03. The number of fused-ring (bicyclic) bond motifs is 1. The zero-order valence-electron chi connectivity index (χ0n) is 11.9. The Kier molecular flexibility index (Phi) is 5.35. The summed E-state index contributed by atoms with van der Waals surface area (Å²) in [6, 6.07) is 5.51. The number of carbonyl (C=O) groups is 1. The zero-order valence-corrected chi connectivity index (χ0v) is 12.8. The Labute approximate surface area is 123 Å². The van der Waals surface area contributed by atoms with Crippen molar-refractivity contribution in [1.29, 1.82) is 0 Å². The lowest BCUT2D eigenvalue weighted by Crippen LogP contribution is -2.06. The van der Waals surface area contributed by atoms with E-state index in [-0.39, 0.29) is 5.97 Å². The Bertz CT molecular complexity index is 580. The van der Waals surface area contributed by atoms with Crippen LogP contribution in [-0.4, -0.2) is 24.1 Å². The van der Waals surface area contributed by atoms with Crippen molar-refractivity contribution >= 4 is 32.7 Å². The Balaban J connectivity index is 2.04. The minimum atomic E-state index is -0.249. The number of carbonyl (C=O) groups excluding carboxylic acids is 1. The zero-order chi connectivity index (χ0) is 14.4. The minimum absolute atomic E-state index is 0.249. The van der Waals surface area contributed by atoms with E-state index in [1.165, 1.54) is 0 Å². The topological polar surface area (TPSA) is 51.2 Å². The first-order valence-corrected chi connectivity index (χ1v) is 7.87. The first-order chi connectivity index (χ1) is 9.74. The average Bonchev–Trinajstić information content (AvgIpc) is 2.85. The number of thiazole rings is 1. The largest absolute Gasteiger partial charge is 0.462 e. The van der Waals surface area contributed by atoms with E-state index in [0.717, 1.165) is 41.2 Å². The van der Waals surface area contributed by atoms with Crippen LogP contribution in [0.25, 0.3) is 10.2 Å². The van der Waals surface area contributed by atoms with E-state index in [0.29, 0.717) is 12.2 Å². The minimum Gasteiger partial charge on any atom is -0.462 e. The number of rotatable bonds is 7. The molecule has 0 aliphatic carbocycles. The summed E-state index contributed by atoms with van der Waals surface area (Å²) in [5, 5.41) is 4.07. The number of anilines is 1. The van der Waals surface area contributed by atoms with E-state index >= 15 is 0 Å². The first-order valence-electron chi connectivity index (χ1n) is 7.06. The molecule has 0 amide bonds. The number of esters is 1. The molecule has 0 bridgehead atoms. The fourth-order valence-electron chi connectivity index (χ4n) is 1.88. The molecule has 1 aromatic heterocycles. The van der Waals surface area contributed by atoms with Crippen molar-refractivity contribution in [2.45, 2.75) is 33.1 Å². The Morgan fingerprint density at radius 3 is 2.95 bits per heavy atom. The molecule has 0 saturated heterocycles. The summed E-state index contributed by atoms with van der Waals surface area (Å²) in [5.41, 5.74) is 1.51. The molecule has 2 rings (SSSR count). The molecular weight excluding hydrogens is 272 g/mol. The summed E-state index contributed by atoms with van der Waals surface area (Å²) < 4.78 is 6.27. The average molecular weight is 292 g/mol. The highest BCUT2D eigenvalue weighted by atomic mass is 32.1. The third kappa shape index (κ3) is 3.70. The number of unbranched alkanes of at least 4 members (excludes halogenated alkanes) is 2. The van der Waals surface area contributed by atoms with Crippen molar-refractivity contribution in [3.63, 3.8) is 0 Å². The Morgan fingerprint density at radius 2 is 2.20 bits per heavy atom. The molecule has 20 heavy (non-hydrogen) atoms. The molecule has 0 aliphatic heterocycles. The van der Waals surface area contributed by atoms with Gasteiger partial charge < -0.3 is 10.1 Å². The van der Waals surface area contributed by atoms with Gasteiger partial charge in [-0.05, 0) is 31.5 Å². The van der Waals surface area contributed by atoms with E-state index < -0.39 is 0 Å². The van der Waals surface area contributed by atoms with Gasteiger partial charge in [0.2, 0.25) is 0 Å². The molecule has 0 radical (unpaired) electrons. The summed E-state index contributed by atoms with van der Waals surface area (Å²) in [4.78, 5) is 16.4. The van der Waals surface area contributed by atoms with Gasteiger partial charge >= 0.3 is 5.97 Å². The first kappa shape index (κ1) is 14.8. The van der Waals surface area contributed by atoms with Gasteiger partial charge in [0.1, 0.15) is 0 Å². The van der Waals surface area contributed by atoms with E-state index in [1.807, 2.05) is 19.1 Å². The normalized spacial score (nSPS) is 10.7. The van der Waals surface area contributed by atoms with Crippen LogP contribution < -0.4 is 5.32 Å². The van der Waals surface area contributed by atoms with Crippen molar-refractivity contribution < 1.29 is 9.53 Å². The fraction of sp³-hybridized carbons (Fsp3) is 0.467. The van der Waals surface area contributed by atoms with Crippen molar-refractivity contribution in [3.8, 4) is 0 Å². The maximum atomic E-state index is 11.9. The van der Waals surface area contributed by atoms with Gasteiger partial charge in [-0.2, -0.15) is 0 Å². The standard InChI is InChI=1S/C15H20N2O2S/c1-3-5-6-9-19-14(18)11-7-8-12-13(10-11)20-15(17-12)16-4-2/h7-8,10H,3-6,9H2,1-2H3,(H,16,17). The number of hydrogen-bond acceptors (Lipinski definition) is 5. The van der Waals surface area contributed by atoms with Gasteiger partial charge in [-0.15, -0.1) is 0 Å². The van der Waals surface area contributed by atoms with Crippen molar-refractivity contribution in [2.24, 2.45) is 0 Å². The van der Waals surface area contributed by atoms with Crippen LogP contribution in [0.2, 0.25) is 0 Å². The van der Waals surface area contributed by atoms with Crippen LogP contribution in [0.15, 0.2) is 18.2 Å². The molecule has 2 aromatic rings. The van der Waals surface area contributed by atoms with Crippen LogP contribution in [-0.2, 0) is 4.74 Å². The summed E-state index contributed by atoms with van der Waals surface area (Å²) in [7, 11) is 0. The van der Waals surface area contributed by atoms with Crippen LogP contribution in [0.4, 0.5) is 5.13 Å². The molecule has 0 aliphatic rings. The predicted molar refractivity (Wildman–Crippen MR) is 83.6 cm³/mol. The van der Waals surface area contributed by atoms with Crippen molar-refractivity contribution in [1.82, 2.24) is 4.98 Å². The van der Waals surface area contributed by atoms with Gasteiger partial charge in [0.05, 0.1) is 22.4 Å². The molecule has 108 valence electrons. The second-order valence-electron chi connectivity index (χ2n) is 4.57. The lowest BCUT2D eigenvalue weighted by molar-refractivity contribution is 0.0498. The highest BCUT2D eigenvalue weighted by Crippen LogP contribution is 2.26. The number of nitrogens with zero attached hydrogens (tertiary/aromatic N) is 1. The van der Waals surface area contributed by atoms with Gasteiger partial charge in [0.15, 0.2) is 5.13 Å². The van der Waals surface area contributed by atoms with Gasteiger partial charge in [-0.1, -0.05) is 31.1 Å². The highest BCUT2D eigenvalue weighted by molar-refractivity contribution is 7.22. The molecule has 0 atom stereocenters. The third-order valence-corrected chi connectivity index (χ3v) is 3.91. The van der Waals surface area contributed by atoms with E-state index in [1.54, 1.807) is 17.4 Å². The maximum absolute atomic E-state index is 11.9. The lowest BCUT2D eigenvalue weighted by atomic mass is 10.2. The maximum Gasteiger partial charge on any atom is 0.338 e. The van der Waals surface area contributed by atoms with Crippen LogP contribution in [0.1, 0.15) is 43.5 Å². The number of hydrogen-bond donors (Lipinski definition) is 1. The van der Waals surface area contributed by atoms with Crippen molar-refractivity contribution in [3.05, 3.63) is 23.8 Å². The molecule has 1 heterocycles. The molecule has 0 unspecified atom stereocenters. The summed E-state index contributed by atoms with van der Waals surface area (Å²) in [6.45, 7) is 5.49. The van der Waals surface area contributed by atoms with Gasteiger partial charge in [0, 0.05) is 6.54 Å². The summed E-state index contributed by atoms with van der Waals surface area (Å²) in [6.07, 6.45) is 3.14. The molecule has 5 heteroatoms. The van der Waals surface area contributed by atoms with E-state index in [9.17, 15) is 4.79 Å². The molecule has 0 spiro atoms. The number of benzene rings is 1. The second kappa shape index (κ2) is 7.24. The van der Waals surface area contributed by atoms with Gasteiger partial charge in [-0.25, -0.2) is 9.78 Å². The molecule has 1 N–H and O–H groups in total.